The van der Waals surface area contributed by atoms with Crippen LogP contribution in [-0.2, 0) is 6.42 Å². The van der Waals surface area contributed by atoms with Gasteiger partial charge in [-0.3, -0.25) is 9.48 Å². The first-order valence-electron chi connectivity index (χ1n) is 10.9. The summed E-state index contributed by atoms with van der Waals surface area (Å²) >= 11 is 6.43. The molecule has 3 aromatic rings. The van der Waals surface area contributed by atoms with Crippen molar-refractivity contribution in [3.63, 3.8) is 0 Å². The summed E-state index contributed by atoms with van der Waals surface area (Å²) in [5.74, 6) is 0.665. The van der Waals surface area contributed by atoms with Crippen molar-refractivity contribution >= 4 is 40.4 Å². The number of amides is 1. The summed E-state index contributed by atoms with van der Waals surface area (Å²) in [4.78, 5) is 18.9. The third kappa shape index (κ3) is 4.16. The smallest absolute Gasteiger partial charge is 0.255 e. The van der Waals surface area contributed by atoms with E-state index in [1.807, 2.05) is 48.4 Å². The van der Waals surface area contributed by atoms with Gasteiger partial charge in [0.05, 0.1) is 46.1 Å². The molecule has 166 valence electrons. The number of halogens is 1. The van der Waals surface area contributed by atoms with Crippen LogP contribution in [-0.4, -0.2) is 52.3 Å². The molecule has 2 aromatic heterocycles. The summed E-state index contributed by atoms with van der Waals surface area (Å²) in [6.45, 7) is 2.76. The Morgan fingerprint density at radius 3 is 2.84 bits per heavy atom. The van der Waals surface area contributed by atoms with Crippen molar-refractivity contribution in [3.05, 3.63) is 59.0 Å². The zero-order chi connectivity index (χ0) is 22.1. The zero-order valence-corrected chi connectivity index (χ0v) is 18.7. The first-order valence-corrected chi connectivity index (χ1v) is 11.3. The van der Waals surface area contributed by atoms with Crippen LogP contribution in [0.2, 0.25) is 5.02 Å². The molecule has 32 heavy (non-hydrogen) atoms. The van der Waals surface area contributed by atoms with Crippen LogP contribution in [0.5, 0.6) is 0 Å². The van der Waals surface area contributed by atoms with Gasteiger partial charge in [-0.25, -0.2) is 4.98 Å². The Morgan fingerprint density at radius 1 is 1.16 bits per heavy atom. The molecule has 1 fully saturated rings. The van der Waals surface area contributed by atoms with Crippen LogP contribution < -0.4 is 16.0 Å². The fraction of sp³-hybridized carbons (Fsp3) is 0.348. The number of hydrogen-bond donors (Lipinski definition) is 3. The Balaban J connectivity index is 1.37. The summed E-state index contributed by atoms with van der Waals surface area (Å²) in [6, 6.07) is 8.14. The lowest BCUT2D eigenvalue weighted by Crippen LogP contribution is -2.34. The number of aromatic nitrogens is 3. The second kappa shape index (κ2) is 8.80. The van der Waals surface area contributed by atoms with Gasteiger partial charge in [0.25, 0.3) is 5.91 Å². The lowest BCUT2D eigenvalue weighted by molar-refractivity contribution is 0.0782. The number of likely N-dealkylation sites (N-methyl/N-ethyl adjacent to an activating group) is 1. The van der Waals surface area contributed by atoms with Crippen LogP contribution in [0.4, 0.5) is 22.9 Å². The van der Waals surface area contributed by atoms with Crippen molar-refractivity contribution < 1.29 is 4.79 Å². The molecule has 0 unspecified atom stereocenters. The van der Waals surface area contributed by atoms with E-state index in [1.165, 1.54) is 0 Å². The summed E-state index contributed by atoms with van der Waals surface area (Å²) in [7, 11) is 1.83. The van der Waals surface area contributed by atoms with Crippen molar-refractivity contribution in [1.29, 1.82) is 0 Å². The van der Waals surface area contributed by atoms with Gasteiger partial charge in [-0.1, -0.05) is 23.7 Å². The van der Waals surface area contributed by atoms with Crippen molar-refractivity contribution in [3.8, 4) is 0 Å². The van der Waals surface area contributed by atoms with Crippen molar-refractivity contribution in [2.75, 3.05) is 37.3 Å². The first kappa shape index (κ1) is 20.8. The molecule has 3 N–H and O–H groups in total. The van der Waals surface area contributed by atoms with Gasteiger partial charge in [-0.15, -0.1) is 0 Å². The molecule has 0 bridgehead atoms. The topological polar surface area (TPSA) is 87.1 Å². The quantitative estimate of drug-likeness (QED) is 0.544. The number of nitrogens with one attached hydrogen (secondary N) is 3. The Kier molecular flexibility index (Phi) is 5.71. The average molecular weight is 452 g/mol. The van der Waals surface area contributed by atoms with Gasteiger partial charge in [-0.05, 0) is 44.0 Å². The van der Waals surface area contributed by atoms with Gasteiger partial charge >= 0.3 is 0 Å². The fourth-order valence-electron chi connectivity index (χ4n) is 4.32. The number of benzene rings is 1. The van der Waals surface area contributed by atoms with E-state index >= 15 is 0 Å². The molecule has 2 aliphatic rings. The van der Waals surface area contributed by atoms with Gasteiger partial charge in [0.15, 0.2) is 0 Å². The van der Waals surface area contributed by atoms with Crippen LogP contribution in [0.3, 0.4) is 0 Å². The van der Waals surface area contributed by atoms with Gasteiger partial charge in [0, 0.05) is 25.9 Å². The molecule has 2 aliphatic heterocycles. The molecule has 0 spiro atoms. The number of anilines is 4. The second-order valence-corrected chi connectivity index (χ2v) is 8.71. The number of fused-ring (bicyclic) bond motifs is 1. The molecule has 0 saturated carbocycles. The van der Waals surface area contributed by atoms with Gasteiger partial charge in [0.1, 0.15) is 5.82 Å². The summed E-state index contributed by atoms with van der Waals surface area (Å²) < 4.78 is 2.02. The predicted octanol–water partition coefficient (Wildman–Crippen LogP) is 3.97. The lowest BCUT2D eigenvalue weighted by Gasteiger charge is -2.27. The van der Waals surface area contributed by atoms with E-state index in [-0.39, 0.29) is 5.91 Å². The molecule has 4 heterocycles. The average Bonchev–Trinajstić information content (AvgIpc) is 3.28. The van der Waals surface area contributed by atoms with E-state index in [1.54, 1.807) is 11.1 Å². The van der Waals surface area contributed by atoms with Crippen molar-refractivity contribution in [2.24, 2.45) is 0 Å². The zero-order valence-electron chi connectivity index (χ0n) is 17.9. The molecule has 0 aliphatic carbocycles. The molecule has 1 saturated heterocycles. The molecular formula is C23H26ClN7O. The highest BCUT2D eigenvalue weighted by Gasteiger charge is 2.25. The number of hydrogen-bond acceptors (Lipinski definition) is 6. The molecule has 1 amide bonds. The normalized spacial score (nSPS) is 16.7. The lowest BCUT2D eigenvalue weighted by atomic mass is 9.97. The minimum absolute atomic E-state index is 0.0169. The van der Waals surface area contributed by atoms with E-state index in [0.29, 0.717) is 28.1 Å². The van der Waals surface area contributed by atoms with Crippen LogP contribution in [0.25, 0.3) is 0 Å². The highest BCUT2D eigenvalue weighted by molar-refractivity contribution is 6.33. The summed E-state index contributed by atoms with van der Waals surface area (Å²) in [5, 5.41) is 15.0. The standard InChI is InChI=1S/C23H26ClN7O/c1-30-10-7-15-3-2-4-19(22(15)23(30)32)29-20-11-21(26-13-18(20)24)28-16-12-27-31(14-16)17-5-8-25-9-6-17/h2-4,11-14,17,25H,5-10H2,1H3,(H2,26,28,29). The minimum Gasteiger partial charge on any atom is -0.353 e. The minimum atomic E-state index is 0.0169. The Bertz CT molecular complexity index is 1140. The first-order chi connectivity index (χ1) is 15.6. The predicted molar refractivity (Wildman–Crippen MR) is 126 cm³/mol. The fourth-order valence-corrected chi connectivity index (χ4v) is 4.47. The Morgan fingerprint density at radius 2 is 2.00 bits per heavy atom. The highest BCUT2D eigenvalue weighted by Crippen LogP contribution is 2.32. The molecule has 8 nitrogen and oxygen atoms in total. The molecule has 0 atom stereocenters. The summed E-state index contributed by atoms with van der Waals surface area (Å²) in [6.07, 6.45) is 8.42. The van der Waals surface area contributed by atoms with E-state index in [9.17, 15) is 4.79 Å². The van der Waals surface area contributed by atoms with Crippen LogP contribution >= 0.6 is 11.6 Å². The van der Waals surface area contributed by atoms with Crippen molar-refractivity contribution in [2.45, 2.75) is 25.3 Å². The summed E-state index contributed by atoms with van der Waals surface area (Å²) in [5.41, 5.74) is 4.05. The number of rotatable bonds is 5. The van der Waals surface area contributed by atoms with Crippen LogP contribution in [0, 0.1) is 0 Å². The molecule has 9 heteroatoms. The maximum atomic E-state index is 12.8. The number of nitrogens with zero attached hydrogens (tertiary/aromatic N) is 4. The third-order valence-corrected chi connectivity index (χ3v) is 6.41. The molecule has 5 rings (SSSR count). The van der Waals surface area contributed by atoms with Gasteiger partial charge < -0.3 is 20.9 Å². The largest absolute Gasteiger partial charge is 0.353 e. The molecular weight excluding hydrogens is 426 g/mol. The maximum absolute atomic E-state index is 12.8. The number of pyridine rings is 1. The SMILES string of the molecule is CN1CCc2cccc(Nc3cc(Nc4cnn(C5CCNCC5)c4)ncc3Cl)c2C1=O. The number of carbonyl (C=O) groups excluding carboxylic acids is 1. The maximum Gasteiger partial charge on any atom is 0.255 e. The van der Waals surface area contributed by atoms with Gasteiger partial charge in [0.2, 0.25) is 0 Å². The van der Waals surface area contributed by atoms with Gasteiger partial charge in [-0.2, -0.15) is 5.10 Å². The van der Waals surface area contributed by atoms with E-state index in [0.717, 1.165) is 55.8 Å². The second-order valence-electron chi connectivity index (χ2n) is 8.31. The molecule has 1 aromatic carbocycles. The number of carbonyl (C=O) groups is 1. The van der Waals surface area contributed by atoms with E-state index in [4.69, 9.17) is 11.6 Å². The molecule has 0 radical (unpaired) electrons. The monoisotopic (exact) mass is 451 g/mol. The van der Waals surface area contributed by atoms with Crippen LogP contribution in [0.15, 0.2) is 42.9 Å². The number of piperidine rings is 1. The Hall–Kier alpha value is -3.10. The van der Waals surface area contributed by atoms with E-state index in [2.05, 4.69) is 26.0 Å². The van der Waals surface area contributed by atoms with Crippen molar-refractivity contribution in [1.82, 2.24) is 25.0 Å². The highest BCUT2D eigenvalue weighted by atomic mass is 35.5. The van der Waals surface area contributed by atoms with Crippen LogP contribution in [0.1, 0.15) is 34.8 Å². The third-order valence-electron chi connectivity index (χ3n) is 6.11. The Labute approximate surface area is 192 Å². The van der Waals surface area contributed by atoms with E-state index < -0.39 is 0 Å².